The second-order valence-corrected chi connectivity index (χ2v) is 6.19. The molecule has 0 unspecified atom stereocenters. The van der Waals surface area contributed by atoms with Gasteiger partial charge in [0, 0.05) is 31.7 Å². The van der Waals surface area contributed by atoms with Crippen molar-refractivity contribution in [3.8, 4) is 0 Å². The second kappa shape index (κ2) is 6.81. The molecule has 0 radical (unpaired) electrons. The van der Waals surface area contributed by atoms with Crippen LogP contribution in [0.3, 0.4) is 0 Å². The van der Waals surface area contributed by atoms with Crippen LogP contribution in [-0.2, 0) is 25.5 Å². The summed E-state index contributed by atoms with van der Waals surface area (Å²) in [6.07, 6.45) is 0.371. The Kier molecular flexibility index (Phi) is 4.57. The summed E-state index contributed by atoms with van der Waals surface area (Å²) in [6, 6.07) is 18.9. The Morgan fingerprint density at radius 1 is 0.880 bits per heavy atom. The lowest BCUT2D eigenvalue weighted by Crippen LogP contribution is -2.43. The van der Waals surface area contributed by atoms with E-state index in [0.717, 1.165) is 11.3 Å². The van der Waals surface area contributed by atoms with Crippen LogP contribution in [0, 0.1) is 0 Å². The van der Waals surface area contributed by atoms with Gasteiger partial charge in [0.05, 0.1) is 0 Å². The zero-order valence-corrected chi connectivity index (χ0v) is 14.1. The molecule has 5 heteroatoms. The molecule has 128 valence electrons. The zero-order chi connectivity index (χ0) is 17.9. The molecule has 0 bridgehead atoms. The number of esters is 2. The van der Waals surface area contributed by atoms with Gasteiger partial charge in [-0.25, -0.2) is 9.59 Å². The topological polar surface area (TPSA) is 64.6 Å². The fraction of sp³-hybridized carbons (Fsp3) is 0.200. The van der Waals surface area contributed by atoms with Gasteiger partial charge in [-0.1, -0.05) is 48.5 Å². The highest BCUT2D eigenvalue weighted by Crippen LogP contribution is 2.27. The van der Waals surface area contributed by atoms with Gasteiger partial charge in [0.15, 0.2) is 5.57 Å². The number of nitrogens with one attached hydrogen (secondary N) is 1. The summed E-state index contributed by atoms with van der Waals surface area (Å²) < 4.78 is 10.5. The standard InChI is InChI=1S/C20H19NO4/c1-20(2)24-18(22)17(19(23)25-20)16(13-14-9-5-3-6-10-14)21-15-11-7-4-8-12-15/h3-12,21H,13H2,1-2H3. The van der Waals surface area contributed by atoms with Gasteiger partial charge in [-0.3, -0.25) is 0 Å². The number of cyclic esters (lactones) is 2. The Morgan fingerprint density at radius 3 is 1.96 bits per heavy atom. The normalized spacial score (nSPS) is 16.0. The average molecular weight is 337 g/mol. The molecular formula is C20H19NO4. The third-order valence-electron chi connectivity index (χ3n) is 3.68. The Labute approximate surface area is 146 Å². The van der Waals surface area contributed by atoms with Gasteiger partial charge in [0.2, 0.25) is 0 Å². The SMILES string of the molecule is CC1(C)OC(=O)C(=C(Cc2ccccc2)Nc2ccccc2)C(=O)O1. The van der Waals surface area contributed by atoms with E-state index in [0.29, 0.717) is 12.1 Å². The Balaban J connectivity index is 2.00. The molecule has 1 aliphatic rings. The Bertz CT molecular complexity index is 745. The van der Waals surface area contributed by atoms with Crippen molar-refractivity contribution in [1.29, 1.82) is 0 Å². The highest BCUT2D eigenvalue weighted by Gasteiger charge is 2.40. The predicted octanol–water partition coefficient (Wildman–Crippen LogP) is 3.43. The Morgan fingerprint density at radius 2 is 1.40 bits per heavy atom. The summed E-state index contributed by atoms with van der Waals surface area (Å²) in [5, 5.41) is 3.16. The third-order valence-corrected chi connectivity index (χ3v) is 3.68. The number of allylic oxidation sites excluding steroid dienone is 1. The molecule has 5 nitrogen and oxygen atoms in total. The molecule has 1 aliphatic heterocycles. The molecule has 0 saturated carbocycles. The van der Waals surface area contributed by atoms with E-state index in [-0.39, 0.29) is 5.57 Å². The zero-order valence-electron chi connectivity index (χ0n) is 14.1. The number of carbonyl (C=O) groups excluding carboxylic acids is 2. The van der Waals surface area contributed by atoms with Crippen molar-refractivity contribution in [2.45, 2.75) is 26.1 Å². The molecule has 2 aromatic carbocycles. The van der Waals surface area contributed by atoms with Crippen molar-refractivity contribution in [2.75, 3.05) is 5.32 Å². The van der Waals surface area contributed by atoms with Crippen LogP contribution in [0.25, 0.3) is 0 Å². The molecule has 0 spiro atoms. The second-order valence-electron chi connectivity index (χ2n) is 6.19. The molecule has 0 atom stereocenters. The van der Waals surface area contributed by atoms with Crippen molar-refractivity contribution in [2.24, 2.45) is 0 Å². The number of anilines is 1. The van der Waals surface area contributed by atoms with E-state index in [1.165, 1.54) is 13.8 Å². The molecule has 1 fully saturated rings. The van der Waals surface area contributed by atoms with Gasteiger partial charge in [0.1, 0.15) is 0 Å². The first-order chi connectivity index (χ1) is 11.9. The van der Waals surface area contributed by atoms with Crippen molar-refractivity contribution >= 4 is 17.6 Å². The number of ether oxygens (including phenoxy) is 2. The third kappa shape index (κ3) is 4.07. The Hall–Kier alpha value is -3.08. The number of rotatable bonds is 4. The van der Waals surface area contributed by atoms with E-state index < -0.39 is 17.7 Å². The van der Waals surface area contributed by atoms with E-state index >= 15 is 0 Å². The van der Waals surface area contributed by atoms with Crippen LogP contribution >= 0.6 is 0 Å². The molecular weight excluding hydrogens is 318 g/mol. The monoisotopic (exact) mass is 337 g/mol. The largest absolute Gasteiger partial charge is 0.419 e. The van der Waals surface area contributed by atoms with Gasteiger partial charge in [-0.15, -0.1) is 0 Å². The van der Waals surface area contributed by atoms with Crippen molar-refractivity contribution in [3.05, 3.63) is 77.5 Å². The summed E-state index contributed by atoms with van der Waals surface area (Å²) in [5.41, 5.74) is 2.07. The summed E-state index contributed by atoms with van der Waals surface area (Å²) in [6.45, 7) is 3.06. The molecule has 25 heavy (non-hydrogen) atoms. The summed E-state index contributed by atoms with van der Waals surface area (Å²) >= 11 is 0. The fourth-order valence-corrected chi connectivity index (χ4v) is 2.59. The first-order valence-electron chi connectivity index (χ1n) is 8.00. The number of hydrogen-bond donors (Lipinski definition) is 1. The number of hydrogen-bond acceptors (Lipinski definition) is 5. The molecule has 1 heterocycles. The number of carbonyl (C=O) groups is 2. The van der Waals surface area contributed by atoms with Gasteiger partial charge in [-0.2, -0.15) is 0 Å². The molecule has 1 N–H and O–H groups in total. The first kappa shape index (κ1) is 16.8. The van der Waals surface area contributed by atoms with Crippen LogP contribution in [0.15, 0.2) is 71.9 Å². The van der Waals surface area contributed by atoms with Crippen molar-refractivity contribution < 1.29 is 19.1 Å². The highest BCUT2D eigenvalue weighted by molar-refractivity contribution is 6.16. The minimum absolute atomic E-state index is 0.105. The van der Waals surface area contributed by atoms with Crippen LogP contribution < -0.4 is 5.32 Å². The number of benzene rings is 2. The number of para-hydroxylation sites is 1. The van der Waals surface area contributed by atoms with E-state index in [1.54, 1.807) is 0 Å². The van der Waals surface area contributed by atoms with Gasteiger partial charge >= 0.3 is 11.9 Å². The van der Waals surface area contributed by atoms with E-state index in [1.807, 2.05) is 60.7 Å². The van der Waals surface area contributed by atoms with E-state index in [9.17, 15) is 9.59 Å². The highest BCUT2D eigenvalue weighted by atomic mass is 16.7. The summed E-state index contributed by atoms with van der Waals surface area (Å²) in [5.74, 6) is -2.63. The molecule has 0 amide bonds. The van der Waals surface area contributed by atoms with E-state index in [2.05, 4.69) is 5.32 Å². The first-order valence-corrected chi connectivity index (χ1v) is 8.00. The van der Waals surface area contributed by atoms with Gasteiger partial charge < -0.3 is 14.8 Å². The smallest absolute Gasteiger partial charge is 0.350 e. The van der Waals surface area contributed by atoms with Crippen LogP contribution in [0.2, 0.25) is 0 Å². The average Bonchev–Trinajstić information content (AvgIpc) is 2.55. The predicted molar refractivity (Wildman–Crippen MR) is 93.5 cm³/mol. The lowest BCUT2D eigenvalue weighted by atomic mass is 10.0. The minimum Gasteiger partial charge on any atom is -0.419 e. The summed E-state index contributed by atoms with van der Waals surface area (Å²) in [4.78, 5) is 24.8. The van der Waals surface area contributed by atoms with Crippen LogP contribution in [0.4, 0.5) is 5.69 Å². The molecule has 1 saturated heterocycles. The minimum atomic E-state index is -1.26. The maximum atomic E-state index is 12.4. The lowest BCUT2D eigenvalue weighted by molar-refractivity contribution is -0.222. The maximum Gasteiger partial charge on any atom is 0.350 e. The molecule has 0 aromatic heterocycles. The van der Waals surface area contributed by atoms with Gasteiger partial charge in [0.25, 0.3) is 5.79 Å². The molecule has 0 aliphatic carbocycles. The van der Waals surface area contributed by atoms with Crippen molar-refractivity contribution in [1.82, 2.24) is 0 Å². The van der Waals surface area contributed by atoms with Crippen LogP contribution in [0.1, 0.15) is 19.4 Å². The van der Waals surface area contributed by atoms with Gasteiger partial charge in [-0.05, 0) is 17.7 Å². The quantitative estimate of drug-likeness (QED) is 0.526. The fourth-order valence-electron chi connectivity index (χ4n) is 2.59. The molecule has 3 rings (SSSR count). The van der Waals surface area contributed by atoms with E-state index in [4.69, 9.17) is 9.47 Å². The van der Waals surface area contributed by atoms with Crippen LogP contribution in [0.5, 0.6) is 0 Å². The molecule has 2 aromatic rings. The lowest BCUT2D eigenvalue weighted by Gasteiger charge is -2.31. The maximum absolute atomic E-state index is 12.4. The van der Waals surface area contributed by atoms with Crippen molar-refractivity contribution in [3.63, 3.8) is 0 Å². The summed E-state index contributed by atoms with van der Waals surface area (Å²) in [7, 11) is 0. The van der Waals surface area contributed by atoms with Crippen LogP contribution in [-0.4, -0.2) is 17.7 Å².